The van der Waals surface area contributed by atoms with Crippen molar-refractivity contribution in [1.82, 2.24) is 9.88 Å². The van der Waals surface area contributed by atoms with E-state index in [0.717, 1.165) is 44.9 Å². The maximum absolute atomic E-state index is 11.2. The average Bonchev–Trinajstić information content (AvgIpc) is 3.30. The van der Waals surface area contributed by atoms with Gasteiger partial charge in [0.1, 0.15) is 0 Å². The van der Waals surface area contributed by atoms with Crippen LogP contribution in [-0.4, -0.2) is 68.5 Å². The summed E-state index contributed by atoms with van der Waals surface area (Å²) < 4.78 is 7.27. The molecule has 0 radical (unpaired) electrons. The number of fused-ring (bicyclic) bond motifs is 1. The van der Waals surface area contributed by atoms with Crippen molar-refractivity contribution < 1.29 is 14.9 Å². The van der Waals surface area contributed by atoms with Gasteiger partial charge in [-0.1, -0.05) is 19.1 Å². The summed E-state index contributed by atoms with van der Waals surface area (Å²) in [4.78, 5) is 5.92. The summed E-state index contributed by atoms with van der Waals surface area (Å²) in [6.45, 7) is 2.40. The minimum atomic E-state index is -0.802. The monoisotopic (exact) mass is 458 g/mol. The molecule has 2 spiro atoms. The van der Waals surface area contributed by atoms with Crippen LogP contribution in [0, 0.1) is 17.3 Å². The third kappa shape index (κ3) is 2.52. The van der Waals surface area contributed by atoms with Crippen LogP contribution in [0.15, 0.2) is 30.6 Å². The van der Waals surface area contributed by atoms with Gasteiger partial charge in [-0.3, -0.25) is 4.98 Å². The van der Waals surface area contributed by atoms with Gasteiger partial charge < -0.3 is 19.8 Å². The van der Waals surface area contributed by atoms with Gasteiger partial charge in [0.2, 0.25) is 0 Å². The number of rotatable bonds is 2. The van der Waals surface area contributed by atoms with Crippen molar-refractivity contribution in [3.63, 3.8) is 0 Å². The summed E-state index contributed by atoms with van der Waals surface area (Å²) in [6, 6.07) is 4.07. The molecule has 2 saturated carbocycles. The first kappa shape index (κ1) is 21.5. The highest BCUT2D eigenvalue weighted by atomic mass is 35.5. The first-order chi connectivity index (χ1) is 15.2. The highest BCUT2D eigenvalue weighted by molar-refractivity contribution is 6.25. The lowest BCUT2D eigenvalue weighted by Gasteiger charge is -2.65. The summed E-state index contributed by atoms with van der Waals surface area (Å²) in [7, 11) is 3.96. The third-order valence-electron chi connectivity index (χ3n) is 10.2. The summed E-state index contributed by atoms with van der Waals surface area (Å²) >= 11 is 7.55. The first-order valence-corrected chi connectivity index (χ1v) is 12.6. The Labute approximate surface area is 195 Å². The van der Waals surface area contributed by atoms with Gasteiger partial charge in [-0.05, 0) is 81.7 Å². The number of hydrogen-bond donors (Lipinski definition) is 2. The number of aliphatic hydroxyl groups is 2. The summed E-state index contributed by atoms with van der Waals surface area (Å²) in [5.41, 5.74) is 1.81. The van der Waals surface area contributed by atoms with Crippen LogP contribution in [0.3, 0.4) is 0 Å². The van der Waals surface area contributed by atoms with Crippen molar-refractivity contribution >= 4 is 17.2 Å². The maximum Gasteiger partial charge on any atom is 0.0958 e. The molecule has 3 heterocycles. The van der Waals surface area contributed by atoms with Crippen molar-refractivity contribution in [3.8, 4) is 0 Å². The molecular formula is C26H35ClN2O3. The summed E-state index contributed by atoms with van der Waals surface area (Å²) in [6.07, 6.45) is 10.8. The van der Waals surface area contributed by atoms with Gasteiger partial charge in [-0.2, -0.15) is 0 Å². The molecule has 2 bridgehead atoms. The lowest BCUT2D eigenvalue weighted by Crippen LogP contribution is -2.72. The van der Waals surface area contributed by atoms with Crippen molar-refractivity contribution in [3.05, 3.63) is 36.2 Å². The minimum Gasteiger partial charge on any atom is -0.390 e. The molecule has 6 rings (SSSR count). The van der Waals surface area contributed by atoms with Crippen molar-refractivity contribution in [2.75, 3.05) is 14.1 Å². The Kier molecular flexibility index (Phi) is 4.57. The summed E-state index contributed by atoms with van der Waals surface area (Å²) in [5, 5.41) is 22.1. The van der Waals surface area contributed by atoms with E-state index < -0.39 is 28.3 Å². The van der Waals surface area contributed by atoms with Gasteiger partial charge in [-0.25, -0.2) is 0 Å². The molecular weight excluding hydrogens is 424 g/mol. The Morgan fingerprint density at radius 3 is 2.66 bits per heavy atom. The van der Waals surface area contributed by atoms with Gasteiger partial charge in [0, 0.05) is 30.3 Å². The third-order valence-corrected chi connectivity index (χ3v) is 10.8. The fraction of sp³-hybridized carbons (Fsp3) is 0.731. The fourth-order valence-corrected chi connectivity index (χ4v) is 9.06. The SMILES string of the molecule is CN(C)[C@H]1C[C@@]23CC[C@]4(O2)C2CC=C(c5cccnc5)[C@@]2(C)CCC4(Cl)CC3[C@@H](O)[C@@H]1O. The van der Waals surface area contributed by atoms with E-state index >= 15 is 0 Å². The number of nitrogens with zero attached hydrogens (tertiary/aromatic N) is 2. The van der Waals surface area contributed by atoms with Gasteiger partial charge in [0.15, 0.2) is 0 Å². The zero-order valence-electron chi connectivity index (χ0n) is 19.3. The number of allylic oxidation sites excluding steroid dienone is 2. The Bertz CT molecular complexity index is 956. The van der Waals surface area contributed by atoms with E-state index in [0.29, 0.717) is 5.92 Å². The molecule has 2 aliphatic heterocycles. The zero-order chi connectivity index (χ0) is 22.5. The zero-order valence-corrected chi connectivity index (χ0v) is 20.1. The Morgan fingerprint density at radius 1 is 1.12 bits per heavy atom. The molecule has 3 unspecified atom stereocenters. The number of aliphatic hydroxyl groups excluding tert-OH is 2. The standard InChI is InChI=1S/C26H35ClN2O3/c1-23-8-10-25(27)13-18-21(30)22(31)19(29(2)3)14-24(18)9-11-26(25,32-24)20(23)7-6-17(23)16-5-4-12-28-15-16/h4-6,12,15,18-22,30-31H,7-11,13-14H2,1-3H3/t18?,19-,20?,21+,22+,23+,24+,25?,26-/m0/s1. The Balaban J connectivity index is 1.40. The molecule has 1 aromatic heterocycles. The Morgan fingerprint density at radius 2 is 1.94 bits per heavy atom. The number of halogens is 1. The van der Waals surface area contributed by atoms with Gasteiger partial charge >= 0.3 is 0 Å². The number of hydrogen-bond acceptors (Lipinski definition) is 5. The van der Waals surface area contributed by atoms with Crippen LogP contribution in [0.2, 0.25) is 0 Å². The molecule has 32 heavy (non-hydrogen) atoms. The van der Waals surface area contributed by atoms with Gasteiger partial charge in [-0.15, -0.1) is 11.6 Å². The van der Waals surface area contributed by atoms with E-state index in [2.05, 4.69) is 24.1 Å². The second kappa shape index (κ2) is 6.79. The molecule has 9 atom stereocenters. The lowest BCUT2D eigenvalue weighted by atomic mass is 9.52. The predicted molar refractivity (Wildman–Crippen MR) is 124 cm³/mol. The largest absolute Gasteiger partial charge is 0.390 e. The first-order valence-electron chi connectivity index (χ1n) is 12.2. The molecule has 0 aromatic carbocycles. The van der Waals surface area contributed by atoms with Crippen LogP contribution < -0.4 is 0 Å². The van der Waals surface area contributed by atoms with Crippen LogP contribution in [-0.2, 0) is 4.74 Å². The normalized spacial score (nSPS) is 51.7. The smallest absolute Gasteiger partial charge is 0.0958 e. The lowest BCUT2D eigenvalue weighted by molar-refractivity contribution is -0.276. The van der Waals surface area contributed by atoms with Crippen molar-refractivity contribution in [1.29, 1.82) is 0 Å². The van der Waals surface area contributed by atoms with E-state index in [1.54, 1.807) is 0 Å². The molecule has 6 heteroatoms. The number of aromatic nitrogens is 1. The highest BCUT2D eigenvalue weighted by Crippen LogP contribution is 2.73. The molecule has 5 aliphatic rings. The molecule has 1 aromatic rings. The van der Waals surface area contributed by atoms with E-state index in [9.17, 15) is 10.2 Å². The molecule has 174 valence electrons. The van der Waals surface area contributed by atoms with Crippen LogP contribution in [0.1, 0.15) is 57.4 Å². The van der Waals surface area contributed by atoms with E-state index in [1.165, 1.54) is 11.1 Å². The Hall–Kier alpha value is -0.980. The number of pyridine rings is 1. The quantitative estimate of drug-likeness (QED) is 0.662. The fourth-order valence-electron chi connectivity index (χ4n) is 8.53. The van der Waals surface area contributed by atoms with E-state index in [1.807, 2.05) is 37.5 Å². The van der Waals surface area contributed by atoms with Gasteiger partial charge in [0.25, 0.3) is 0 Å². The number of alkyl halides is 1. The molecule has 2 saturated heterocycles. The second-order valence-corrected chi connectivity index (χ2v) is 12.3. The van der Waals surface area contributed by atoms with Crippen LogP contribution in [0.25, 0.3) is 5.57 Å². The molecule has 5 nitrogen and oxygen atoms in total. The topological polar surface area (TPSA) is 65.8 Å². The number of ether oxygens (including phenoxy) is 1. The van der Waals surface area contributed by atoms with Crippen LogP contribution in [0.5, 0.6) is 0 Å². The maximum atomic E-state index is 11.2. The second-order valence-electron chi connectivity index (χ2n) is 11.6. The highest BCUT2D eigenvalue weighted by Gasteiger charge is 2.76. The van der Waals surface area contributed by atoms with E-state index in [-0.39, 0.29) is 17.4 Å². The molecule has 2 N–H and O–H groups in total. The molecule has 4 fully saturated rings. The average molecular weight is 459 g/mol. The van der Waals surface area contributed by atoms with Crippen LogP contribution in [0.4, 0.5) is 0 Å². The van der Waals surface area contributed by atoms with Crippen molar-refractivity contribution in [2.24, 2.45) is 17.3 Å². The van der Waals surface area contributed by atoms with Crippen LogP contribution >= 0.6 is 11.6 Å². The minimum absolute atomic E-state index is 0.00748. The van der Waals surface area contributed by atoms with E-state index in [4.69, 9.17) is 16.3 Å². The van der Waals surface area contributed by atoms with Gasteiger partial charge in [0.05, 0.1) is 28.3 Å². The van der Waals surface area contributed by atoms with Crippen molar-refractivity contribution in [2.45, 2.75) is 86.2 Å². The molecule has 0 amide bonds. The number of likely N-dealkylation sites (N-methyl/N-ethyl adjacent to an activating group) is 1. The predicted octanol–water partition coefficient (Wildman–Crippen LogP) is 3.63. The molecule has 3 aliphatic carbocycles. The summed E-state index contributed by atoms with van der Waals surface area (Å²) in [5.74, 6) is 0.205.